The summed E-state index contributed by atoms with van der Waals surface area (Å²) in [5.41, 5.74) is 4.64. The van der Waals surface area contributed by atoms with Crippen molar-refractivity contribution in [3.05, 3.63) is 46.4 Å². The average Bonchev–Trinajstić information content (AvgIpc) is 3.06. The zero-order valence-corrected chi connectivity index (χ0v) is 15.5. The molecule has 1 aromatic carbocycles. The Hall–Kier alpha value is -2.34. The van der Waals surface area contributed by atoms with Gasteiger partial charge in [0.05, 0.1) is 0 Å². The Kier molecular flexibility index (Phi) is 4.00. The highest BCUT2D eigenvalue weighted by molar-refractivity contribution is 6.30. The van der Waals surface area contributed by atoms with Crippen LogP contribution in [0.2, 0.25) is 5.02 Å². The van der Waals surface area contributed by atoms with Crippen LogP contribution in [0.3, 0.4) is 0 Å². The van der Waals surface area contributed by atoms with E-state index in [1.165, 1.54) is 11.3 Å². The van der Waals surface area contributed by atoms with E-state index < -0.39 is 0 Å². The Morgan fingerprint density at radius 3 is 2.48 bits per heavy atom. The number of fused-ring (bicyclic) bond motifs is 1. The Labute approximate surface area is 152 Å². The van der Waals surface area contributed by atoms with Crippen LogP contribution in [0.5, 0.6) is 0 Å². The molecule has 0 radical (unpaired) electrons. The van der Waals surface area contributed by atoms with E-state index in [1.807, 2.05) is 17.5 Å². The molecule has 0 aliphatic carbocycles. The molecule has 0 saturated carbocycles. The standard InChI is InChI=1S/C18H21ClN6/c1-12-4-5-15(19)10-16(12)23-6-8-24(9-7-23)17-13(2)14(3)22-18-20-11-21-25(17)18/h4-5,10-11H,6-9H2,1-3H3. The number of rotatable bonds is 2. The monoisotopic (exact) mass is 356 g/mol. The van der Waals surface area contributed by atoms with Gasteiger partial charge in [-0.25, -0.2) is 4.98 Å². The van der Waals surface area contributed by atoms with Gasteiger partial charge < -0.3 is 9.80 Å². The van der Waals surface area contributed by atoms with Crippen LogP contribution in [0.1, 0.15) is 16.8 Å². The molecule has 1 aliphatic rings. The van der Waals surface area contributed by atoms with Crippen LogP contribution >= 0.6 is 11.6 Å². The summed E-state index contributed by atoms with van der Waals surface area (Å²) in [5.74, 6) is 1.76. The molecule has 6 nitrogen and oxygen atoms in total. The van der Waals surface area contributed by atoms with Crippen molar-refractivity contribution in [2.45, 2.75) is 20.8 Å². The van der Waals surface area contributed by atoms with Crippen LogP contribution in [0.4, 0.5) is 11.5 Å². The lowest BCUT2D eigenvalue weighted by atomic mass is 10.1. The van der Waals surface area contributed by atoms with Gasteiger partial charge in [-0.2, -0.15) is 14.6 Å². The number of piperazine rings is 1. The van der Waals surface area contributed by atoms with Crippen molar-refractivity contribution < 1.29 is 0 Å². The first-order valence-electron chi connectivity index (χ1n) is 8.47. The normalized spacial score (nSPS) is 15.2. The third kappa shape index (κ3) is 2.80. The van der Waals surface area contributed by atoms with Crippen molar-refractivity contribution >= 4 is 28.9 Å². The minimum atomic E-state index is 0.659. The molecule has 3 aromatic rings. The van der Waals surface area contributed by atoms with E-state index >= 15 is 0 Å². The molecule has 0 spiro atoms. The highest BCUT2D eigenvalue weighted by atomic mass is 35.5. The highest BCUT2D eigenvalue weighted by Crippen LogP contribution is 2.28. The second kappa shape index (κ2) is 6.19. The topological polar surface area (TPSA) is 49.6 Å². The fourth-order valence-electron chi connectivity index (χ4n) is 3.47. The Balaban J connectivity index is 1.62. The second-order valence-electron chi connectivity index (χ2n) is 6.52. The van der Waals surface area contributed by atoms with Crippen molar-refractivity contribution in [2.24, 2.45) is 0 Å². The molecule has 25 heavy (non-hydrogen) atoms. The molecule has 0 amide bonds. The summed E-state index contributed by atoms with van der Waals surface area (Å²) >= 11 is 6.19. The zero-order chi connectivity index (χ0) is 17.6. The van der Waals surface area contributed by atoms with Crippen LogP contribution in [-0.2, 0) is 0 Å². The molecule has 4 rings (SSSR count). The van der Waals surface area contributed by atoms with E-state index in [1.54, 1.807) is 6.33 Å². The van der Waals surface area contributed by atoms with E-state index in [-0.39, 0.29) is 0 Å². The van der Waals surface area contributed by atoms with E-state index in [4.69, 9.17) is 11.6 Å². The molecule has 2 aromatic heterocycles. The lowest BCUT2D eigenvalue weighted by molar-refractivity contribution is 0.635. The molecule has 1 saturated heterocycles. The Bertz CT molecular complexity index is 927. The number of hydrogen-bond donors (Lipinski definition) is 0. The molecule has 0 bridgehead atoms. The lowest BCUT2D eigenvalue weighted by Crippen LogP contribution is -2.47. The number of aromatic nitrogens is 4. The number of halogens is 1. The van der Waals surface area contributed by atoms with E-state index in [2.05, 4.69) is 50.8 Å². The third-order valence-electron chi connectivity index (χ3n) is 4.97. The van der Waals surface area contributed by atoms with Crippen LogP contribution in [0.25, 0.3) is 5.78 Å². The summed E-state index contributed by atoms with van der Waals surface area (Å²) in [7, 11) is 0. The van der Waals surface area contributed by atoms with Gasteiger partial charge in [-0.3, -0.25) is 0 Å². The molecule has 0 unspecified atom stereocenters. The molecular formula is C18H21ClN6. The summed E-state index contributed by atoms with van der Waals surface area (Å²) in [6.45, 7) is 9.99. The maximum absolute atomic E-state index is 6.19. The van der Waals surface area contributed by atoms with Gasteiger partial charge in [-0.15, -0.1) is 0 Å². The van der Waals surface area contributed by atoms with Crippen LogP contribution < -0.4 is 9.80 Å². The van der Waals surface area contributed by atoms with Crippen LogP contribution in [-0.4, -0.2) is 45.8 Å². The minimum Gasteiger partial charge on any atom is -0.368 e. The smallest absolute Gasteiger partial charge is 0.254 e. The predicted molar refractivity (Wildman–Crippen MR) is 101 cm³/mol. The van der Waals surface area contributed by atoms with Crippen molar-refractivity contribution in [3.63, 3.8) is 0 Å². The SMILES string of the molecule is Cc1ccc(Cl)cc1N1CCN(c2c(C)c(C)nc3ncnn23)CC1. The Morgan fingerprint density at radius 2 is 1.72 bits per heavy atom. The molecule has 130 valence electrons. The fraction of sp³-hybridized carbons (Fsp3) is 0.389. The summed E-state index contributed by atoms with van der Waals surface area (Å²) in [5, 5.41) is 5.15. The molecule has 3 heterocycles. The summed E-state index contributed by atoms with van der Waals surface area (Å²) in [6, 6.07) is 6.09. The van der Waals surface area contributed by atoms with Gasteiger partial charge in [0.25, 0.3) is 5.78 Å². The molecule has 0 N–H and O–H groups in total. The van der Waals surface area contributed by atoms with Crippen molar-refractivity contribution in [3.8, 4) is 0 Å². The molecule has 0 atom stereocenters. The van der Waals surface area contributed by atoms with Crippen molar-refractivity contribution in [1.82, 2.24) is 19.6 Å². The van der Waals surface area contributed by atoms with Crippen LogP contribution in [0, 0.1) is 20.8 Å². The van der Waals surface area contributed by atoms with Gasteiger partial charge in [0, 0.05) is 48.1 Å². The van der Waals surface area contributed by atoms with E-state index in [9.17, 15) is 0 Å². The first-order valence-corrected chi connectivity index (χ1v) is 8.85. The molecule has 7 heteroatoms. The van der Waals surface area contributed by atoms with E-state index in [0.29, 0.717) is 5.78 Å². The fourth-order valence-corrected chi connectivity index (χ4v) is 3.64. The van der Waals surface area contributed by atoms with E-state index in [0.717, 1.165) is 48.3 Å². The summed E-state index contributed by atoms with van der Waals surface area (Å²) in [6.07, 6.45) is 1.57. The van der Waals surface area contributed by atoms with Gasteiger partial charge in [-0.05, 0) is 38.5 Å². The second-order valence-corrected chi connectivity index (χ2v) is 6.96. The number of aryl methyl sites for hydroxylation is 2. The summed E-state index contributed by atoms with van der Waals surface area (Å²) < 4.78 is 1.85. The maximum Gasteiger partial charge on any atom is 0.254 e. The number of hydrogen-bond acceptors (Lipinski definition) is 5. The zero-order valence-electron chi connectivity index (χ0n) is 14.7. The first-order chi connectivity index (χ1) is 12.0. The predicted octanol–water partition coefficient (Wildman–Crippen LogP) is 3.03. The van der Waals surface area contributed by atoms with Crippen molar-refractivity contribution in [2.75, 3.05) is 36.0 Å². The lowest BCUT2D eigenvalue weighted by Gasteiger charge is -2.38. The number of benzene rings is 1. The average molecular weight is 357 g/mol. The summed E-state index contributed by atoms with van der Waals surface area (Å²) in [4.78, 5) is 13.5. The molecular weight excluding hydrogens is 336 g/mol. The molecule has 1 aliphatic heterocycles. The maximum atomic E-state index is 6.19. The Morgan fingerprint density at radius 1 is 1.00 bits per heavy atom. The van der Waals surface area contributed by atoms with Gasteiger partial charge in [0.1, 0.15) is 12.1 Å². The number of nitrogens with zero attached hydrogens (tertiary/aromatic N) is 6. The quantitative estimate of drug-likeness (QED) is 0.706. The number of anilines is 2. The first kappa shape index (κ1) is 16.1. The van der Waals surface area contributed by atoms with Crippen molar-refractivity contribution in [1.29, 1.82) is 0 Å². The minimum absolute atomic E-state index is 0.659. The van der Waals surface area contributed by atoms with Gasteiger partial charge >= 0.3 is 0 Å². The van der Waals surface area contributed by atoms with Gasteiger partial charge in [-0.1, -0.05) is 17.7 Å². The van der Waals surface area contributed by atoms with Crippen LogP contribution in [0.15, 0.2) is 24.5 Å². The highest BCUT2D eigenvalue weighted by Gasteiger charge is 2.23. The van der Waals surface area contributed by atoms with Gasteiger partial charge in [0.2, 0.25) is 0 Å². The largest absolute Gasteiger partial charge is 0.368 e. The third-order valence-corrected chi connectivity index (χ3v) is 5.20. The van der Waals surface area contributed by atoms with Gasteiger partial charge in [0.15, 0.2) is 0 Å². The molecule has 1 fully saturated rings.